The highest BCUT2D eigenvalue weighted by atomic mass is 79.9. The number of carboxylic acid groups (broad SMARTS) is 1. The number of nitrogens with two attached hydrogens (primary N) is 1. The minimum Gasteiger partial charge on any atom is -0.481 e. The standard InChI is InChI=1S/C12H16BrN5O2/c13-9-8-10(14)15-5-16-18(8)11(17-9)6-1-3-7(4-2-6)12(19)20/h5-7,10H,1-4,14H2,(H,15,16)(H,19,20). The molecule has 8 heteroatoms. The van der Waals surface area contributed by atoms with Crippen molar-refractivity contribution in [3.8, 4) is 0 Å². The Morgan fingerprint density at radius 1 is 1.45 bits per heavy atom. The number of nitrogens with zero attached hydrogens (tertiary/aromatic N) is 3. The van der Waals surface area contributed by atoms with Gasteiger partial charge in [-0.25, -0.2) is 14.7 Å². The molecule has 0 spiro atoms. The first-order valence-corrected chi connectivity index (χ1v) is 7.42. The molecule has 1 unspecified atom stereocenters. The van der Waals surface area contributed by atoms with E-state index in [0.717, 1.165) is 24.4 Å². The third-order valence-corrected chi connectivity index (χ3v) is 4.62. The summed E-state index contributed by atoms with van der Waals surface area (Å²) in [5, 5.41) is 9.05. The van der Waals surface area contributed by atoms with Crippen molar-refractivity contribution in [2.75, 3.05) is 5.43 Å². The van der Waals surface area contributed by atoms with Crippen LogP contribution in [0.25, 0.3) is 0 Å². The normalized spacial score (nSPS) is 28.8. The molecule has 0 radical (unpaired) electrons. The van der Waals surface area contributed by atoms with E-state index in [1.807, 2.05) is 4.68 Å². The van der Waals surface area contributed by atoms with E-state index in [1.165, 1.54) is 0 Å². The number of rotatable bonds is 2. The first-order chi connectivity index (χ1) is 9.58. The number of aromatic nitrogens is 2. The summed E-state index contributed by atoms with van der Waals surface area (Å²) in [5.74, 6) is 0.239. The van der Waals surface area contributed by atoms with Crippen molar-refractivity contribution in [1.29, 1.82) is 0 Å². The molecule has 1 saturated carbocycles. The summed E-state index contributed by atoms with van der Waals surface area (Å²) in [6, 6.07) is 0. The van der Waals surface area contributed by atoms with Gasteiger partial charge in [0, 0.05) is 5.92 Å². The first-order valence-electron chi connectivity index (χ1n) is 6.62. The summed E-state index contributed by atoms with van der Waals surface area (Å²) in [6.07, 6.45) is 4.18. The highest BCUT2D eigenvalue weighted by Gasteiger charge is 2.32. The van der Waals surface area contributed by atoms with Crippen LogP contribution >= 0.6 is 15.9 Å². The van der Waals surface area contributed by atoms with Crippen LogP contribution in [0.5, 0.6) is 0 Å². The minimum absolute atomic E-state index is 0.220. The summed E-state index contributed by atoms with van der Waals surface area (Å²) < 4.78 is 2.57. The molecule has 7 nitrogen and oxygen atoms in total. The predicted octanol–water partition coefficient (Wildman–Crippen LogP) is 1.55. The van der Waals surface area contributed by atoms with Crippen LogP contribution in [0.2, 0.25) is 0 Å². The SMILES string of the molecule is NC1N=CNn2c(C3CCC(C(=O)O)CC3)nc(Br)c21. The maximum atomic E-state index is 11.0. The van der Waals surface area contributed by atoms with Crippen LogP contribution in [0.1, 0.15) is 49.3 Å². The zero-order valence-electron chi connectivity index (χ0n) is 10.8. The number of imidazole rings is 1. The third kappa shape index (κ3) is 2.22. The average Bonchev–Trinajstić information content (AvgIpc) is 2.77. The smallest absolute Gasteiger partial charge is 0.306 e. The van der Waals surface area contributed by atoms with E-state index in [-0.39, 0.29) is 11.8 Å². The molecule has 0 amide bonds. The summed E-state index contributed by atoms with van der Waals surface area (Å²) in [7, 11) is 0. The van der Waals surface area contributed by atoms with E-state index >= 15 is 0 Å². The lowest BCUT2D eigenvalue weighted by Crippen LogP contribution is -2.30. The largest absolute Gasteiger partial charge is 0.481 e. The molecule has 1 aromatic heterocycles. The second-order valence-corrected chi connectivity index (χ2v) is 5.97. The highest BCUT2D eigenvalue weighted by Crippen LogP contribution is 2.37. The molecule has 0 bridgehead atoms. The molecule has 1 aliphatic heterocycles. The number of hydrogen-bond donors (Lipinski definition) is 3. The van der Waals surface area contributed by atoms with Gasteiger partial charge in [-0.05, 0) is 41.6 Å². The Balaban J connectivity index is 1.83. The number of hydrogen-bond acceptors (Lipinski definition) is 5. The molecule has 3 rings (SSSR count). The second kappa shape index (κ2) is 5.17. The molecule has 0 saturated heterocycles. The Bertz CT molecular complexity index is 562. The van der Waals surface area contributed by atoms with Crippen LogP contribution < -0.4 is 11.2 Å². The van der Waals surface area contributed by atoms with Crippen LogP contribution in [0.15, 0.2) is 9.60 Å². The van der Waals surface area contributed by atoms with Crippen LogP contribution in [0.4, 0.5) is 0 Å². The van der Waals surface area contributed by atoms with Gasteiger partial charge in [0.1, 0.15) is 28.6 Å². The fourth-order valence-electron chi connectivity index (χ4n) is 2.93. The fraction of sp³-hybridized carbons (Fsp3) is 0.583. The van der Waals surface area contributed by atoms with Crippen molar-refractivity contribution < 1.29 is 9.90 Å². The summed E-state index contributed by atoms with van der Waals surface area (Å²) in [5.41, 5.74) is 9.80. The zero-order valence-corrected chi connectivity index (χ0v) is 12.4. The molecule has 2 heterocycles. The molecule has 108 valence electrons. The minimum atomic E-state index is -0.693. The van der Waals surface area contributed by atoms with E-state index in [2.05, 4.69) is 31.3 Å². The van der Waals surface area contributed by atoms with Gasteiger partial charge in [-0.15, -0.1) is 0 Å². The molecule has 1 aromatic rings. The molecular formula is C12H16BrN5O2. The molecule has 0 aromatic carbocycles. The molecule has 1 atom stereocenters. The Morgan fingerprint density at radius 3 is 2.80 bits per heavy atom. The molecular weight excluding hydrogens is 326 g/mol. The number of aliphatic imine (C=N–C) groups is 1. The Hall–Kier alpha value is -1.41. The number of carbonyl (C=O) groups is 1. The average molecular weight is 342 g/mol. The lowest BCUT2D eigenvalue weighted by molar-refractivity contribution is -0.142. The fourth-order valence-corrected chi connectivity index (χ4v) is 3.52. The van der Waals surface area contributed by atoms with Crippen molar-refractivity contribution in [2.24, 2.45) is 16.6 Å². The monoisotopic (exact) mass is 341 g/mol. The number of halogens is 1. The quantitative estimate of drug-likeness (QED) is 0.756. The van der Waals surface area contributed by atoms with Gasteiger partial charge in [0.2, 0.25) is 0 Å². The van der Waals surface area contributed by atoms with Crippen molar-refractivity contribution in [1.82, 2.24) is 9.66 Å². The van der Waals surface area contributed by atoms with Gasteiger partial charge in [-0.2, -0.15) is 0 Å². The third-order valence-electron chi connectivity index (χ3n) is 4.04. The van der Waals surface area contributed by atoms with Gasteiger partial charge in [-0.3, -0.25) is 10.2 Å². The van der Waals surface area contributed by atoms with Gasteiger partial charge in [0.25, 0.3) is 0 Å². The first kappa shape index (κ1) is 13.6. The van der Waals surface area contributed by atoms with Crippen LogP contribution in [0, 0.1) is 5.92 Å². The zero-order chi connectivity index (χ0) is 14.3. The molecule has 1 fully saturated rings. The topological polar surface area (TPSA) is 106 Å². The van der Waals surface area contributed by atoms with Gasteiger partial charge in [0.15, 0.2) is 0 Å². The number of fused-ring (bicyclic) bond motifs is 1. The van der Waals surface area contributed by atoms with Gasteiger partial charge in [-0.1, -0.05) is 0 Å². The number of nitrogens with one attached hydrogen (secondary N) is 1. The Labute approximate surface area is 124 Å². The maximum absolute atomic E-state index is 11.0. The van der Waals surface area contributed by atoms with Gasteiger partial charge in [0.05, 0.1) is 5.92 Å². The van der Waals surface area contributed by atoms with Crippen LogP contribution in [-0.4, -0.2) is 27.1 Å². The van der Waals surface area contributed by atoms with E-state index < -0.39 is 12.1 Å². The second-order valence-electron chi connectivity index (χ2n) is 5.22. The van der Waals surface area contributed by atoms with E-state index in [0.29, 0.717) is 17.4 Å². The number of carboxylic acids is 1. The highest BCUT2D eigenvalue weighted by molar-refractivity contribution is 9.10. The van der Waals surface area contributed by atoms with Gasteiger partial charge >= 0.3 is 5.97 Å². The lowest BCUT2D eigenvalue weighted by atomic mass is 9.81. The van der Waals surface area contributed by atoms with Crippen LogP contribution in [-0.2, 0) is 4.79 Å². The van der Waals surface area contributed by atoms with Crippen molar-refractivity contribution in [2.45, 2.75) is 37.8 Å². The summed E-state index contributed by atoms with van der Waals surface area (Å²) >= 11 is 3.43. The predicted molar refractivity (Wildman–Crippen MR) is 77.0 cm³/mol. The van der Waals surface area contributed by atoms with Gasteiger partial charge < -0.3 is 10.8 Å². The van der Waals surface area contributed by atoms with Crippen molar-refractivity contribution in [3.63, 3.8) is 0 Å². The summed E-state index contributed by atoms with van der Waals surface area (Å²) in [4.78, 5) is 19.6. The van der Waals surface area contributed by atoms with E-state index in [4.69, 9.17) is 10.8 Å². The van der Waals surface area contributed by atoms with E-state index in [1.54, 1.807) is 6.34 Å². The maximum Gasteiger partial charge on any atom is 0.306 e. The molecule has 4 N–H and O–H groups in total. The van der Waals surface area contributed by atoms with Crippen molar-refractivity contribution >= 4 is 28.2 Å². The lowest BCUT2D eigenvalue weighted by Gasteiger charge is -2.27. The molecule has 20 heavy (non-hydrogen) atoms. The molecule has 2 aliphatic rings. The Morgan fingerprint density at radius 2 is 2.15 bits per heavy atom. The summed E-state index contributed by atoms with van der Waals surface area (Å²) in [6.45, 7) is 0. The number of aliphatic carboxylic acids is 1. The van der Waals surface area contributed by atoms with Crippen LogP contribution in [0.3, 0.4) is 0 Å². The molecule has 1 aliphatic carbocycles. The van der Waals surface area contributed by atoms with E-state index in [9.17, 15) is 4.79 Å². The Kier molecular flexibility index (Phi) is 3.51. The van der Waals surface area contributed by atoms with Crippen molar-refractivity contribution in [3.05, 3.63) is 16.1 Å².